The molecular weight excluding hydrogens is 323 g/mol. The molecule has 2 unspecified atom stereocenters. The van der Waals surface area contributed by atoms with Gasteiger partial charge in [-0.15, -0.1) is 0 Å². The van der Waals surface area contributed by atoms with Crippen molar-refractivity contribution in [3.63, 3.8) is 0 Å². The highest BCUT2D eigenvalue weighted by Gasteiger charge is 2.29. The monoisotopic (exact) mass is 346 g/mol. The van der Waals surface area contributed by atoms with Crippen LogP contribution in [0.15, 0.2) is 36.9 Å². The van der Waals surface area contributed by atoms with Crippen molar-refractivity contribution >= 4 is 6.03 Å². The zero-order valence-corrected chi connectivity index (χ0v) is 14.2. The number of hydrogen-bond donors (Lipinski definition) is 2. The number of aliphatic hydroxyl groups excluding tert-OH is 1. The molecule has 0 saturated carbocycles. The second kappa shape index (κ2) is 7.65. The number of rotatable bonds is 5. The Kier molecular flexibility index (Phi) is 5.33. The molecule has 1 aromatic heterocycles. The van der Waals surface area contributed by atoms with E-state index in [1.54, 1.807) is 40.9 Å². The van der Waals surface area contributed by atoms with Crippen molar-refractivity contribution in [2.45, 2.75) is 44.9 Å². The summed E-state index contributed by atoms with van der Waals surface area (Å²) < 4.78 is 15.8. The standard InChI is InChI=1S/C18H23FN4O2/c1-13(24)9-15-3-2-7-23(15)18(25)21-11-14-4-5-17(16(19)10-14)22-8-6-20-12-22/h4-6,8,10,12-13,15,24H,2-3,7,9,11H2,1H3,(H,21,25). The first-order chi connectivity index (χ1) is 12.0. The highest BCUT2D eigenvalue weighted by molar-refractivity contribution is 5.74. The molecule has 3 rings (SSSR count). The average molecular weight is 346 g/mol. The van der Waals surface area contributed by atoms with Crippen LogP contribution in [0.5, 0.6) is 0 Å². The van der Waals surface area contributed by atoms with E-state index in [2.05, 4.69) is 10.3 Å². The predicted octanol–water partition coefficient (Wildman–Crippen LogP) is 2.46. The number of hydrogen-bond acceptors (Lipinski definition) is 3. The first-order valence-corrected chi connectivity index (χ1v) is 8.54. The van der Waals surface area contributed by atoms with Gasteiger partial charge in [-0.05, 0) is 43.9 Å². The topological polar surface area (TPSA) is 70.4 Å². The second-order valence-electron chi connectivity index (χ2n) is 6.49. The maximum Gasteiger partial charge on any atom is 0.317 e. The Hall–Kier alpha value is -2.41. The Morgan fingerprint density at radius 1 is 1.52 bits per heavy atom. The van der Waals surface area contributed by atoms with E-state index < -0.39 is 6.10 Å². The van der Waals surface area contributed by atoms with Crippen LogP contribution in [-0.4, -0.2) is 44.3 Å². The molecule has 1 saturated heterocycles. The first-order valence-electron chi connectivity index (χ1n) is 8.54. The summed E-state index contributed by atoms with van der Waals surface area (Å²) in [6.45, 7) is 2.69. The minimum atomic E-state index is -0.428. The van der Waals surface area contributed by atoms with Crippen molar-refractivity contribution in [2.75, 3.05) is 6.54 Å². The van der Waals surface area contributed by atoms with Crippen LogP contribution in [0.4, 0.5) is 9.18 Å². The van der Waals surface area contributed by atoms with Crippen molar-refractivity contribution in [1.29, 1.82) is 0 Å². The number of carbonyl (C=O) groups is 1. The fraction of sp³-hybridized carbons (Fsp3) is 0.444. The third-order valence-corrected chi connectivity index (χ3v) is 4.49. The molecule has 1 aliphatic rings. The quantitative estimate of drug-likeness (QED) is 0.874. The van der Waals surface area contributed by atoms with Gasteiger partial charge in [0, 0.05) is 31.5 Å². The van der Waals surface area contributed by atoms with Gasteiger partial charge in [-0.25, -0.2) is 14.2 Å². The summed E-state index contributed by atoms with van der Waals surface area (Å²) in [6.07, 6.45) is 6.81. The molecule has 0 bridgehead atoms. The maximum atomic E-state index is 14.2. The lowest BCUT2D eigenvalue weighted by atomic mass is 10.1. The number of likely N-dealkylation sites (tertiary alicyclic amines) is 1. The molecule has 1 fully saturated rings. The van der Waals surface area contributed by atoms with Crippen LogP contribution < -0.4 is 5.32 Å². The number of aromatic nitrogens is 2. The van der Waals surface area contributed by atoms with E-state index in [4.69, 9.17) is 0 Å². The molecule has 2 aromatic rings. The molecule has 2 N–H and O–H groups in total. The van der Waals surface area contributed by atoms with Gasteiger partial charge < -0.3 is 19.9 Å². The number of aliphatic hydroxyl groups is 1. The molecule has 2 heterocycles. The molecule has 0 radical (unpaired) electrons. The Balaban J connectivity index is 1.60. The number of halogens is 1. The van der Waals surface area contributed by atoms with Gasteiger partial charge in [0.15, 0.2) is 0 Å². The van der Waals surface area contributed by atoms with E-state index in [1.165, 1.54) is 12.4 Å². The van der Waals surface area contributed by atoms with Gasteiger partial charge >= 0.3 is 6.03 Å². The van der Waals surface area contributed by atoms with E-state index in [1.807, 2.05) is 0 Å². The zero-order chi connectivity index (χ0) is 17.8. The molecular formula is C18H23FN4O2. The van der Waals surface area contributed by atoms with Crippen LogP contribution in [0.25, 0.3) is 5.69 Å². The summed E-state index contributed by atoms with van der Waals surface area (Å²) in [6, 6.07) is 4.79. The zero-order valence-electron chi connectivity index (χ0n) is 14.2. The maximum absolute atomic E-state index is 14.2. The highest BCUT2D eigenvalue weighted by Crippen LogP contribution is 2.21. The van der Waals surface area contributed by atoms with Gasteiger partial charge in [0.1, 0.15) is 5.82 Å². The van der Waals surface area contributed by atoms with E-state index in [9.17, 15) is 14.3 Å². The summed E-state index contributed by atoms with van der Waals surface area (Å²) in [4.78, 5) is 18.1. The summed E-state index contributed by atoms with van der Waals surface area (Å²) in [5, 5.41) is 12.4. The third kappa shape index (κ3) is 4.17. The van der Waals surface area contributed by atoms with Gasteiger partial charge in [-0.3, -0.25) is 0 Å². The number of nitrogens with zero attached hydrogens (tertiary/aromatic N) is 3. The molecule has 2 atom stereocenters. The average Bonchev–Trinajstić information content (AvgIpc) is 3.24. The predicted molar refractivity (Wildman–Crippen MR) is 91.8 cm³/mol. The fourth-order valence-corrected chi connectivity index (χ4v) is 3.29. The highest BCUT2D eigenvalue weighted by atomic mass is 19.1. The van der Waals surface area contributed by atoms with Crippen molar-refractivity contribution in [1.82, 2.24) is 19.8 Å². The smallest absolute Gasteiger partial charge is 0.317 e. The largest absolute Gasteiger partial charge is 0.393 e. The van der Waals surface area contributed by atoms with Crippen LogP contribution >= 0.6 is 0 Å². The lowest BCUT2D eigenvalue weighted by Gasteiger charge is -2.26. The number of benzene rings is 1. The minimum absolute atomic E-state index is 0.0698. The van der Waals surface area contributed by atoms with Gasteiger partial charge in [0.2, 0.25) is 0 Å². The molecule has 7 heteroatoms. The molecule has 25 heavy (non-hydrogen) atoms. The fourth-order valence-electron chi connectivity index (χ4n) is 3.29. The van der Waals surface area contributed by atoms with E-state index in [0.717, 1.165) is 12.8 Å². The number of urea groups is 1. The number of amides is 2. The Bertz CT molecular complexity index is 718. The summed E-state index contributed by atoms with van der Waals surface area (Å²) >= 11 is 0. The van der Waals surface area contributed by atoms with Gasteiger partial charge in [0.05, 0.1) is 18.1 Å². The molecule has 6 nitrogen and oxygen atoms in total. The molecule has 0 spiro atoms. The Labute approximate surface area is 146 Å². The van der Waals surface area contributed by atoms with E-state index >= 15 is 0 Å². The van der Waals surface area contributed by atoms with E-state index in [-0.39, 0.29) is 24.4 Å². The summed E-state index contributed by atoms with van der Waals surface area (Å²) in [5.74, 6) is -0.363. The van der Waals surface area contributed by atoms with Gasteiger partial charge in [-0.2, -0.15) is 0 Å². The minimum Gasteiger partial charge on any atom is -0.393 e. The first kappa shape index (κ1) is 17.4. The summed E-state index contributed by atoms with van der Waals surface area (Å²) in [5.41, 5.74) is 1.12. The lowest BCUT2D eigenvalue weighted by molar-refractivity contribution is 0.138. The normalized spacial score (nSPS) is 18.4. The van der Waals surface area contributed by atoms with E-state index in [0.29, 0.717) is 24.2 Å². The van der Waals surface area contributed by atoms with Crippen LogP contribution in [0, 0.1) is 5.82 Å². The van der Waals surface area contributed by atoms with Crippen molar-refractivity contribution in [3.8, 4) is 5.69 Å². The Morgan fingerprint density at radius 3 is 3.04 bits per heavy atom. The Morgan fingerprint density at radius 2 is 2.36 bits per heavy atom. The van der Waals surface area contributed by atoms with Crippen molar-refractivity contribution < 1.29 is 14.3 Å². The number of carbonyl (C=O) groups excluding carboxylic acids is 1. The molecule has 0 aliphatic carbocycles. The van der Waals surface area contributed by atoms with Gasteiger partial charge in [-0.1, -0.05) is 6.07 Å². The van der Waals surface area contributed by atoms with Crippen LogP contribution in [0.2, 0.25) is 0 Å². The molecule has 2 amide bonds. The van der Waals surface area contributed by atoms with Gasteiger partial charge in [0.25, 0.3) is 0 Å². The van der Waals surface area contributed by atoms with Crippen molar-refractivity contribution in [2.24, 2.45) is 0 Å². The third-order valence-electron chi connectivity index (χ3n) is 4.49. The van der Waals surface area contributed by atoms with Crippen LogP contribution in [0.1, 0.15) is 31.7 Å². The number of imidazole rings is 1. The summed E-state index contributed by atoms with van der Waals surface area (Å²) in [7, 11) is 0. The molecule has 1 aliphatic heterocycles. The SMILES string of the molecule is CC(O)CC1CCCN1C(=O)NCc1ccc(-n2ccnc2)c(F)c1. The van der Waals surface area contributed by atoms with Crippen molar-refractivity contribution in [3.05, 3.63) is 48.3 Å². The number of nitrogens with one attached hydrogen (secondary N) is 1. The second-order valence-corrected chi connectivity index (χ2v) is 6.49. The molecule has 134 valence electrons. The van der Waals surface area contributed by atoms with Crippen LogP contribution in [0.3, 0.4) is 0 Å². The van der Waals surface area contributed by atoms with Crippen LogP contribution in [-0.2, 0) is 6.54 Å². The molecule has 1 aromatic carbocycles. The lowest BCUT2D eigenvalue weighted by Crippen LogP contribution is -2.43.